The molecule has 1 amide bonds. The molecule has 0 aliphatic carbocycles. The van der Waals surface area contributed by atoms with E-state index in [2.05, 4.69) is 16.5 Å². The standard InChI is InChI=1S/C17H15N3O/c1-2-19-10-9-18-15(19)11-20-14-8-4-6-12-5-3-7-13(16(12)14)17(20)21/h3-10H,2,11H2,1H3. The van der Waals surface area contributed by atoms with E-state index in [0.29, 0.717) is 6.54 Å². The second-order valence-corrected chi connectivity index (χ2v) is 5.20. The SMILES string of the molecule is CCn1ccnc1CN1C(=O)c2cccc3cccc1c23. The fourth-order valence-electron chi connectivity index (χ4n) is 3.06. The van der Waals surface area contributed by atoms with Crippen molar-refractivity contribution < 1.29 is 4.79 Å². The highest BCUT2D eigenvalue weighted by molar-refractivity contribution is 6.24. The summed E-state index contributed by atoms with van der Waals surface area (Å²) in [5.74, 6) is 0.975. The molecule has 0 bridgehead atoms. The first-order valence-electron chi connectivity index (χ1n) is 7.13. The minimum Gasteiger partial charge on any atom is -0.334 e. The van der Waals surface area contributed by atoms with Crippen LogP contribution in [0.5, 0.6) is 0 Å². The Morgan fingerprint density at radius 1 is 1.14 bits per heavy atom. The van der Waals surface area contributed by atoms with Gasteiger partial charge in [0, 0.05) is 29.9 Å². The number of nitrogens with zero attached hydrogens (tertiary/aromatic N) is 3. The van der Waals surface area contributed by atoms with Crippen LogP contribution in [0.4, 0.5) is 5.69 Å². The third-order valence-electron chi connectivity index (χ3n) is 4.09. The summed E-state index contributed by atoms with van der Waals surface area (Å²) < 4.78 is 2.07. The van der Waals surface area contributed by atoms with Crippen molar-refractivity contribution in [1.29, 1.82) is 0 Å². The van der Waals surface area contributed by atoms with Crippen molar-refractivity contribution in [2.75, 3.05) is 4.90 Å². The number of aromatic nitrogens is 2. The highest BCUT2D eigenvalue weighted by atomic mass is 16.2. The fourth-order valence-corrected chi connectivity index (χ4v) is 3.06. The van der Waals surface area contributed by atoms with Crippen LogP contribution in [0.15, 0.2) is 48.8 Å². The molecule has 0 N–H and O–H groups in total. The number of aryl methyl sites for hydroxylation is 1. The van der Waals surface area contributed by atoms with E-state index >= 15 is 0 Å². The molecule has 4 heteroatoms. The molecule has 1 aromatic heterocycles. The number of benzene rings is 2. The highest BCUT2D eigenvalue weighted by Crippen LogP contribution is 2.37. The van der Waals surface area contributed by atoms with E-state index in [-0.39, 0.29) is 5.91 Å². The molecule has 104 valence electrons. The van der Waals surface area contributed by atoms with Crippen molar-refractivity contribution in [1.82, 2.24) is 9.55 Å². The summed E-state index contributed by atoms with van der Waals surface area (Å²) in [7, 11) is 0. The van der Waals surface area contributed by atoms with Gasteiger partial charge in [0.1, 0.15) is 5.82 Å². The number of hydrogen-bond donors (Lipinski definition) is 0. The molecule has 0 saturated heterocycles. The lowest BCUT2D eigenvalue weighted by molar-refractivity contribution is 0.0990. The van der Waals surface area contributed by atoms with Gasteiger partial charge in [-0.3, -0.25) is 4.79 Å². The quantitative estimate of drug-likeness (QED) is 0.737. The lowest BCUT2D eigenvalue weighted by Crippen LogP contribution is -2.27. The molecule has 0 spiro atoms. The predicted octanol–water partition coefficient (Wildman–Crippen LogP) is 3.22. The van der Waals surface area contributed by atoms with Crippen LogP contribution in [0.2, 0.25) is 0 Å². The van der Waals surface area contributed by atoms with Crippen LogP contribution in [0, 0.1) is 0 Å². The van der Waals surface area contributed by atoms with Crippen LogP contribution >= 0.6 is 0 Å². The van der Waals surface area contributed by atoms with Gasteiger partial charge in [-0.15, -0.1) is 0 Å². The molecule has 0 fully saturated rings. The number of carbonyl (C=O) groups is 1. The van der Waals surface area contributed by atoms with Gasteiger partial charge in [-0.1, -0.05) is 24.3 Å². The van der Waals surface area contributed by atoms with Crippen LogP contribution in [0.1, 0.15) is 23.1 Å². The van der Waals surface area contributed by atoms with E-state index in [4.69, 9.17) is 0 Å². The number of hydrogen-bond acceptors (Lipinski definition) is 2. The monoisotopic (exact) mass is 277 g/mol. The number of rotatable bonds is 3. The topological polar surface area (TPSA) is 38.1 Å². The Kier molecular flexibility index (Phi) is 2.57. The van der Waals surface area contributed by atoms with Crippen molar-refractivity contribution in [3.63, 3.8) is 0 Å². The maximum atomic E-state index is 12.7. The molecule has 0 unspecified atom stereocenters. The normalized spacial score (nSPS) is 13.4. The molecule has 2 heterocycles. The number of imidazole rings is 1. The van der Waals surface area contributed by atoms with Crippen LogP contribution in [0.3, 0.4) is 0 Å². The predicted molar refractivity (Wildman–Crippen MR) is 82.4 cm³/mol. The van der Waals surface area contributed by atoms with E-state index in [1.165, 1.54) is 0 Å². The Bertz CT molecular complexity index is 845. The first-order valence-corrected chi connectivity index (χ1v) is 7.13. The summed E-state index contributed by atoms with van der Waals surface area (Å²) in [6.07, 6.45) is 3.73. The Labute approximate surface area is 122 Å². The molecule has 4 rings (SSSR count). The van der Waals surface area contributed by atoms with Crippen molar-refractivity contribution in [3.8, 4) is 0 Å². The first-order chi connectivity index (χ1) is 10.3. The van der Waals surface area contributed by atoms with Crippen molar-refractivity contribution >= 4 is 22.4 Å². The van der Waals surface area contributed by atoms with Crippen molar-refractivity contribution in [3.05, 3.63) is 60.2 Å². The number of anilines is 1. The fraction of sp³-hybridized carbons (Fsp3) is 0.176. The maximum absolute atomic E-state index is 12.7. The van der Waals surface area contributed by atoms with E-state index < -0.39 is 0 Å². The van der Waals surface area contributed by atoms with Gasteiger partial charge in [0.2, 0.25) is 0 Å². The van der Waals surface area contributed by atoms with Gasteiger partial charge in [0.05, 0.1) is 12.2 Å². The number of carbonyl (C=O) groups excluding carboxylic acids is 1. The second-order valence-electron chi connectivity index (χ2n) is 5.20. The van der Waals surface area contributed by atoms with Gasteiger partial charge in [-0.05, 0) is 24.4 Å². The highest BCUT2D eigenvalue weighted by Gasteiger charge is 2.30. The molecule has 3 aromatic rings. The summed E-state index contributed by atoms with van der Waals surface area (Å²) in [5, 5.41) is 2.17. The zero-order valence-corrected chi connectivity index (χ0v) is 11.8. The third kappa shape index (κ3) is 1.69. The minimum atomic E-state index is 0.0625. The Morgan fingerprint density at radius 2 is 1.95 bits per heavy atom. The summed E-state index contributed by atoms with van der Waals surface area (Å²) in [4.78, 5) is 18.9. The van der Waals surface area contributed by atoms with Crippen molar-refractivity contribution in [2.45, 2.75) is 20.0 Å². The van der Waals surface area contributed by atoms with E-state index in [0.717, 1.165) is 34.4 Å². The van der Waals surface area contributed by atoms with Crippen LogP contribution < -0.4 is 4.90 Å². The minimum absolute atomic E-state index is 0.0625. The Hall–Kier alpha value is -2.62. The van der Waals surface area contributed by atoms with Crippen LogP contribution in [-0.4, -0.2) is 15.5 Å². The van der Waals surface area contributed by atoms with E-state index in [1.807, 2.05) is 47.5 Å². The van der Waals surface area contributed by atoms with Gasteiger partial charge >= 0.3 is 0 Å². The van der Waals surface area contributed by atoms with Gasteiger partial charge in [0.25, 0.3) is 5.91 Å². The summed E-state index contributed by atoms with van der Waals surface area (Å²) in [6, 6.07) is 11.9. The first kappa shape index (κ1) is 12.1. The van der Waals surface area contributed by atoms with Gasteiger partial charge < -0.3 is 9.47 Å². The molecule has 0 atom stereocenters. The average molecular weight is 277 g/mol. The van der Waals surface area contributed by atoms with E-state index in [9.17, 15) is 4.79 Å². The van der Waals surface area contributed by atoms with Gasteiger partial charge in [-0.25, -0.2) is 4.98 Å². The molecule has 4 nitrogen and oxygen atoms in total. The lowest BCUT2D eigenvalue weighted by atomic mass is 10.1. The number of amides is 1. The zero-order valence-electron chi connectivity index (χ0n) is 11.8. The summed E-state index contributed by atoms with van der Waals surface area (Å²) in [6.45, 7) is 3.44. The molecule has 1 aliphatic heterocycles. The molecule has 21 heavy (non-hydrogen) atoms. The molecular formula is C17H15N3O. The van der Waals surface area contributed by atoms with Crippen molar-refractivity contribution in [2.24, 2.45) is 0 Å². The second kappa shape index (κ2) is 4.45. The van der Waals surface area contributed by atoms with Gasteiger partial charge in [0.15, 0.2) is 0 Å². The average Bonchev–Trinajstić information content (AvgIpc) is 3.07. The Balaban J connectivity index is 1.83. The van der Waals surface area contributed by atoms with Crippen LogP contribution in [-0.2, 0) is 13.1 Å². The summed E-state index contributed by atoms with van der Waals surface area (Å²) in [5.41, 5.74) is 1.77. The van der Waals surface area contributed by atoms with Gasteiger partial charge in [-0.2, -0.15) is 0 Å². The smallest absolute Gasteiger partial charge is 0.259 e. The molecule has 0 saturated carbocycles. The largest absolute Gasteiger partial charge is 0.334 e. The molecular weight excluding hydrogens is 262 g/mol. The lowest BCUT2D eigenvalue weighted by Gasteiger charge is -2.17. The molecule has 0 radical (unpaired) electrons. The molecule has 1 aliphatic rings. The molecule has 2 aromatic carbocycles. The zero-order chi connectivity index (χ0) is 14.4. The van der Waals surface area contributed by atoms with E-state index in [1.54, 1.807) is 6.20 Å². The Morgan fingerprint density at radius 3 is 2.76 bits per heavy atom. The third-order valence-corrected chi connectivity index (χ3v) is 4.09. The maximum Gasteiger partial charge on any atom is 0.259 e. The van der Waals surface area contributed by atoms with Crippen LogP contribution in [0.25, 0.3) is 10.8 Å². The summed E-state index contributed by atoms with van der Waals surface area (Å²) >= 11 is 0.